The van der Waals surface area contributed by atoms with Crippen LogP contribution in [0.4, 0.5) is 0 Å². The average Bonchev–Trinajstić information content (AvgIpc) is 2.49. The Bertz CT molecular complexity index is 481. The van der Waals surface area contributed by atoms with Crippen LogP contribution in [-0.2, 0) is 6.54 Å². The number of aromatic nitrogens is 2. The lowest BCUT2D eigenvalue weighted by Gasteiger charge is -1.96. The fraction of sp³-hybridized carbons (Fsp3) is 0.111. The third-order valence-corrected chi connectivity index (χ3v) is 2.06. The molecule has 2 rings (SSSR count). The molecule has 0 aliphatic rings. The Morgan fingerprint density at radius 2 is 2.38 bits per heavy atom. The van der Waals surface area contributed by atoms with Crippen molar-refractivity contribution in [3.63, 3.8) is 0 Å². The lowest BCUT2D eigenvalue weighted by Crippen LogP contribution is -1.96. The third-order valence-electron chi connectivity index (χ3n) is 1.83. The first-order valence-corrected chi connectivity index (χ1v) is 4.17. The third kappa shape index (κ3) is 1.36. The van der Waals surface area contributed by atoms with Crippen LogP contribution in [0.2, 0.25) is 5.02 Å². The van der Waals surface area contributed by atoms with Gasteiger partial charge in [-0.05, 0) is 18.2 Å². The van der Waals surface area contributed by atoms with Crippen molar-refractivity contribution in [1.29, 1.82) is 5.26 Å². The van der Waals surface area contributed by atoms with Crippen LogP contribution in [0.25, 0.3) is 10.9 Å². The highest BCUT2D eigenvalue weighted by Crippen LogP contribution is 2.18. The summed E-state index contributed by atoms with van der Waals surface area (Å²) < 4.78 is 1.63. The normalized spacial score (nSPS) is 10.2. The lowest BCUT2D eigenvalue weighted by molar-refractivity contribution is 0.736. The Morgan fingerprint density at radius 3 is 3.15 bits per heavy atom. The van der Waals surface area contributed by atoms with Crippen molar-refractivity contribution in [3.8, 4) is 6.07 Å². The predicted octanol–water partition coefficient (Wildman–Crippen LogP) is 2.21. The molecule has 1 aromatic heterocycles. The highest BCUT2D eigenvalue weighted by molar-refractivity contribution is 6.31. The molecule has 4 heteroatoms. The van der Waals surface area contributed by atoms with E-state index in [0.29, 0.717) is 5.02 Å². The zero-order valence-corrected chi connectivity index (χ0v) is 7.49. The van der Waals surface area contributed by atoms with Gasteiger partial charge in [0.2, 0.25) is 0 Å². The molecular formula is C9H6ClN3. The van der Waals surface area contributed by atoms with E-state index in [1.165, 1.54) is 0 Å². The van der Waals surface area contributed by atoms with E-state index in [-0.39, 0.29) is 6.54 Å². The Hall–Kier alpha value is -1.53. The molecule has 0 unspecified atom stereocenters. The van der Waals surface area contributed by atoms with Crippen molar-refractivity contribution in [2.75, 3.05) is 0 Å². The monoisotopic (exact) mass is 191 g/mol. The summed E-state index contributed by atoms with van der Waals surface area (Å²) in [7, 11) is 0. The van der Waals surface area contributed by atoms with E-state index < -0.39 is 0 Å². The molecule has 0 spiro atoms. The Labute approximate surface area is 80.1 Å². The second-order valence-corrected chi connectivity index (χ2v) is 3.10. The number of hydrogen-bond acceptors (Lipinski definition) is 2. The smallest absolute Gasteiger partial charge is 0.128 e. The summed E-state index contributed by atoms with van der Waals surface area (Å²) in [6.07, 6.45) is 1.73. The first kappa shape index (κ1) is 8.09. The molecule has 2 aromatic rings. The summed E-state index contributed by atoms with van der Waals surface area (Å²) in [5.74, 6) is 0. The van der Waals surface area contributed by atoms with Gasteiger partial charge in [0, 0.05) is 10.4 Å². The second kappa shape index (κ2) is 3.08. The number of rotatable bonds is 1. The molecule has 0 amide bonds. The summed E-state index contributed by atoms with van der Waals surface area (Å²) in [6, 6.07) is 7.54. The van der Waals surface area contributed by atoms with Crippen LogP contribution in [-0.4, -0.2) is 9.78 Å². The predicted molar refractivity (Wildman–Crippen MR) is 50.4 cm³/mol. The average molecular weight is 192 g/mol. The van der Waals surface area contributed by atoms with Crippen molar-refractivity contribution in [2.24, 2.45) is 0 Å². The van der Waals surface area contributed by atoms with Crippen LogP contribution < -0.4 is 0 Å². The largest absolute Gasteiger partial charge is 0.251 e. The standard InChI is InChI=1S/C9H6ClN3/c10-8-2-1-7-6-12-13(4-3-11)9(7)5-8/h1-2,5-6H,4H2. The van der Waals surface area contributed by atoms with Crippen molar-refractivity contribution in [1.82, 2.24) is 9.78 Å². The van der Waals surface area contributed by atoms with E-state index >= 15 is 0 Å². The van der Waals surface area contributed by atoms with Gasteiger partial charge in [-0.3, -0.25) is 4.68 Å². The molecule has 1 heterocycles. The number of fused-ring (bicyclic) bond motifs is 1. The number of benzene rings is 1. The van der Waals surface area contributed by atoms with Gasteiger partial charge in [-0.1, -0.05) is 11.6 Å². The van der Waals surface area contributed by atoms with Crippen LogP contribution >= 0.6 is 11.6 Å². The van der Waals surface area contributed by atoms with E-state index in [9.17, 15) is 0 Å². The van der Waals surface area contributed by atoms with Crippen LogP contribution in [0.3, 0.4) is 0 Å². The van der Waals surface area contributed by atoms with Gasteiger partial charge in [-0.25, -0.2) is 0 Å². The SMILES string of the molecule is N#CCn1ncc2ccc(Cl)cc21. The molecule has 64 valence electrons. The molecule has 0 bridgehead atoms. The number of nitrogens with zero attached hydrogens (tertiary/aromatic N) is 3. The van der Waals surface area contributed by atoms with E-state index in [1.54, 1.807) is 16.9 Å². The lowest BCUT2D eigenvalue weighted by atomic mass is 10.2. The number of nitriles is 1. The summed E-state index contributed by atoms with van der Waals surface area (Å²) in [6.45, 7) is 0.254. The summed E-state index contributed by atoms with van der Waals surface area (Å²) in [5.41, 5.74) is 0.897. The van der Waals surface area contributed by atoms with Gasteiger partial charge >= 0.3 is 0 Å². The highest BCUT2D eigenvalue weighted by Gasteiger charge is 2.01. The van der Waals surface area contributed by atoms with Crippen molar-refractivity contribution >= 4 is 22.5 Å². The molecule has 0 aliphatic heterocycles. The van der Waals surface area contributed by atoms with Crippen LogP contribution in [0.15, 0.2) is 24.4 Å². The summed E-state index contributed by atoms with van der Waals surface area (Å²) in [4.78, 5) is 0. The Morgan fingerprint density at radius 1 is 1.54 bits per heavy atom. The van der Waals surface area contributed by atoms with Crippen LogP contribution in [0.1, 0.15) is 0 Å². The fourth-order valence-corrected chi connectivity index (χ4v) is 1.40. The van der Waals surface area contributed by atoms with Gasteiger partial charge in [0.1, 0.15) is 6.54 Å². The highest BCUT2D eigenvalue weighted by atomic mass is 35.5. The molecule has 0 fully saturated rings. The maximum absolute atomic E-state index is 8.52. The molecule has 0 radical (unpaired) electrons. The van der Waals surface area contributed by atoms with Crippen molar-refractivity contribution < 1.29 is 0 Å². The Balaban J connectivity index is 2.66. The number of hydrogen-bond donors (Lipinski definition) is 0. The molecule has 0 atom stereocenters. The fourth-order valence-electron chi connectivity index (χ4n) is 1.24. The summed E-state index contributed by atoms with van der Waals surface area (Å²) >= 11 is 5.82. The van der Waals surface area contributed by atoms with E-state index in [1.807, 2.05) is 18.2 Å². The quantitative estimate of drug-likeness (QED) is 0.694. The van der Waals surface area contributed by atoms with Gasteiger partial charge in [-0.2, -0.15) is 10.4 Å². The molecule has 3 nitrogen and oxygen atoms in total. The van der Waals surface area contributed by atoms with Crippen LogP contribution in [0, 0.1) is 11.3 Å². The first-order chi connectivity index (χ1) is 6.31. The van der Waals surface area contributed by atoms with Gasteiger partial charge in [0.15, 0.2) is 0 Å². The molecule has 13 heavy (non-hydrogen) atoms. The van der Waals surface area contributed by atoms with Gasteiger partial charge < -0.3 is 0 Å². The van der Waals surface area contributed by atoms with Gasteiger partial charge in [-0.15, -0.1) is 0 Å². The molecule has 0 saturated carbocycles. The summed E-state index contributed by atoms with van der Waals surface area (Å²) in [5, 5.41) is 14.2. The molecule has 0 N–H and O–H groups in total. The maximum atomic E-state index is 8.52. The van der Waals surface area contributed by atoms with Crippen molar-refractivity contribution in [3.05, 3.63) is 29.4 Å². The van der Waals surface area contributed by atoms with E-state index in [2.05, 4.69) is 5.10 Å². The minimum atomic E-state index is 0.254. The maximum Gasteiger partial charge on any atom is 0.128 e. The molecular weight excluding hydrogens is 186 g/mol. The Kier molecular flexibility index (Phi) is 1.91. The van der Waals surface area contributed by atoms with E-state index in [0.717, 1.165) is 10.9 Å². The molecule has 0 aliphatic carbocycles. The first-order valence-electron chi connectivity index (χ1n) is 3.79. The molecule has 1 aromatic carbocycles. The van der Waals surface area contributed by atoms with Gasteiger partial charge in [0.25, 0.3) is 0 Å². The zero-order chi connectivity index (χ0) is 9.26. The van der Waals surface area contributed by atoms with Crippen molar-refractivity contribution in [2.45, 2.75) is 6.54 Å². The zero-order valence-electron chi connectivity index (χ0n) is 6.74. The van der Waals surface area contributed by atoms with E-state index in [4.69, 9.17) is 16.9 Å². The topological polar surface area (TPSA) is 41.6 Å². The van der Waals surface area contributed by atoms with Gasteiger partial charge in [0.05, 0.1) is 17.8 Å². The number of halogens is 1. The minimum Gasteiger partial charge on any atom is -0.251 e. The molecule has 0 saturated heterocycles. The minimum absolute atomic E-state index is 0.254. The van der Waals surface area contributed by atoms with Crippen LogP contribution in [0.5, 0.6) is 0 Å². The second-order valence-electron chi connectivity index (χ2n) is 2.66.